The first-order valence-corrected chi connectivity index (χ1v) is 8.61. The van der Waals surface area contributed by atoms with Crippen LogP contribution in [-0.2, 0) is 9.59 Å². The average molecular weight is 359 g/mol. The van der Waals surface area contributed by atoms with Crippen LogP contribution in [0, 0.1) is 5.92 Å². The zero-order valence-corrected chi connectivity index (χ0v) is 15.4. The number of anilines is 1. The number of halogens is 2. The lowest BCUT2D eigenvalue weighted by Crippen LogP contribution is -2.38. The van der Waals surface area contributed by atoms with Crippen LogP contribution in [-0.4, -0.2) is 29.8 Å². The molecule has 1 aromatic rings. The van der Waals surface area contributed by atoms with Crippen LogP contribution in [0.3, 0.4) is 0 Å². The largest absolute Gasteiger partial charge is 0.333 e. The van der Waals surface area contributed by atoms with E-state index in [2.05, 4.69) is 19.2 Å². The van der Waals surface area contributed by atoms with Gasteiger partial charge in [-0.05, 0) is 37.0 Å². The Morgan fingerprint density at radius 3 is 2.57 bits per heavy atom. The smallest absolute Gasteiger partial charge is 0.244 e. The summed E-state index contributed by atoms with van der Waals surface area (Å²) in [5, 5.41) is 3.61. The minimum Gasteiger partial charge on any atom is -0.333 e. The topological polar surface area (TPSA) is 49.4 Å². The number of nitrogens with zero attached hydrogens (tertiary/aromatic N) is 1. The number of nitrogens with one attached hydrogen (secondary N) is 1. The van der Waals surface area contributed by atoms with Gasteiger partial charge in [-0.2, -0.15) is 0 Å². The van der Waals surface area contributed by atoms with Crippen molar-refractivity contribution in [3.05, 3.63) is 28.2 Å². The van der Waals surface area contributed by atoms with Crippen molar-refractivity contribution in [2.75, 3.05) is 18.4 Å². The highest BCUT2D eigenvalue weighted by Crippen LogP contribution is 2.25. The van der Waals surface area contributed by atoms with Gasteiger partial charge in [-0.3, -0.25) is 9.59 Å². The first kappa shape index (κ1) is 19.8. The Labute approximate surface area is 148 Å². The fourth-order valence-corrected chi connectivity index (χ4v) is 2.43. The molecule has 0 aliphatic rings. The molecule has 1 rings (SSSR count). The van der Waals surface area contributed by atoms with Gasteiger partial charge in [0.1, 0.15) is 0 Å². The summed E-state index contributed by atoms with van der Waals surface area (Å²) in [7, 11) is 0. The van der Waals surface area contributed by atoms with E-state index in [4.69, 9.17) is 23.2 Å². The van der Waals surface area contributed by atoms with E-state index in [1.165, 1.54) is 0 Å². The second-order valence-corrected chi connectivity index (χ2v) is 6.76. The van der Waals surface area contributed by atoms with Crippen LogP contribution in [0.1, 0.15) is 40.0 Å². The summed E-state index contributed by atoms with van der Waals surface area (Å²) in [6, 6.07) is 4.86. The molecule has 0 aliphatic carbocycles. The van der Waals surface area contributed by atoms with Crippen molar-refractivity contribution in [3.63, 3.8) is 0 Å². The third-order valence-corrected chi connectivity index (χ3v) is 3.88. The van der Waals surface area contributed by atoms with E-state index < -0.39 is 0 Å². The van der Waals surface area contributed by atoms with Crippen molar-refractivity contribution in [2.45, 2.75) is 40.0 Å². The van der Waals surface area contributed by atoms with Gasteiger partial charge in [0.25, 0.3) is 0 Å². The normalized spacial score (nSPS) is 10.7. The molecule has 0 saturated carbocycles. The zero-order chi connectivity index (χ0) is 17.4. The molecule has 1 N–H and O–H groups in total. The molecule has 1 aromatic carbocycles. The van der Waals surface area contributed by atoms with E-state index in [9.17, 15) is 9.59 Å². The van der Waals surface area contributed by atoms with E-state index in [-0.39, 0.29) is 18.4 Å². The zero-order valence-electron chi connectivity index (χ0n) is 13.9. The second kappa shape index (κ2) is 9.78. The summed E-state index contributed by atoms with van der Waals surface area (Å²) in [5.41, 5.74) is 0.454. The monoisotopic (exact) mass is 358 g/mol. The predicted molar refractivity (Wildman–Crippen MR) is 96.0 cm³/mol. The van der Waals surface area contributed by atoms with Gasteiger partial charge in [0.2, 0.25) is 11.8 Å². The van der Waals surface area contributed by atoms with Crippen molar-refractivity contribution in [1.29, 1.82) is 0 Å². The fraction of sp³-hybridized carbons (Fsp3) is 0.529. The summed E-state index contributed by atoms with van der Waals surface area (Å²) in [6.45, 7) is 6.71. The highest BCUT2D eigenvalue weighted by molar-refractivity contribution is 6.35. The van der Waals surface area contributed by atoms with Crippen molar-refractivity contribution in [1.82, 2.24) is 4.90 Å². The maximum Gasteiger partial charge on any atom is 0.244 e. The maximum atomic E-state index is 12.2. The first-order chi connectivity index (χ1) is 10.8. The Bertz CT molecular complexity index is 547. The van der Waals surface area contributed by atoms with E-state index >= 15 is 0 Å². The third kappa shape index (κ3) is 7.23. The van der Waals surface area contributed by atoms with Crippen LogP contribution in [0.25, 0.3) is 0 Å². The first-order valence-electron chi connectivity index (χ1n) is 7.86. The fourth-order valence-electron chi connectivity index (χ4n) is 2.09. The van der Waals surface area contributed by atoms with Crippen molar-refractivity contribution in [2.24, 2.45) is 5.92 Å². The van der Waals surface area contributed by atoms with Gasteiger partial charge < -0.3 is 10.2 Å². The number of rotatable bonds is 8. The predicted octanol–water partition coefficient (Wildman–Crippen LogP) is 4.61. The molecule has 0 bridgehead atoms. The SMILES string of the molecule is CCCN(CC(=O)Nc1cc(Cl)ccc1Cl)C(=O)CCC(C)C. The molecule has 0 heterocycles. The number of carbonyl (C=O) groups is 2. The Balaban J connectivity index is 2.66. The molecule has 6 heteroatoms. The lowest BCUT2D eigenvalue weighted by molar-refractivity contribution is -0.135. The Morgan fingerprint density at radius 1 is 1.26 bits per heavy atom. The van der Waals surface area contributed by atoms with Crippen molar-refractivity contribution >= 4 is 40.7 Å². The molecule has 0 aromatic heterocycles. The number of carbonyl (C=O) groups excluding carboxylic acids is 2. The molecule has 0 fully saturated rings. The minimum atomic E-state index is -0.277. The van der Waals surface area contributed by atoms with Crippen LogP contribution < -0.4 is 5.32 Å². The van der Waals surface area contributed by atoms with Crippen LogP contribution in [0.15, 0.2) is 18.2 Å². The van der Waals surface area contributed by atoms with Crippen LogP contribution in [0.5, 0.6) is 0 Å². The quantitative estimate of drug-likeness (QED) is 0.737. The summed E-state index contributed by atoms with van der Waals surface area (Å²) in [5.74, 6) is 0.190. The van der Waals surface area contributed by atoms with Crippen molar-refractivity contribution in [3.8, 4) is 0 Å². The van der Waals surface area contributed by atoms with E-state index in [1.54, 1.807) is 23.1 Å². The van der Waals surface area contributed by atoms with Crippen LogP contribution in [0.2, 0.25) is 10.0 Å². The molecule has 0 spiro atoms. The van der Waals surface area contributed by atoms with Crippen LogP contribution in [0.4, 0.5) is 5.69 Å². The number of hydrogen-bond acceptors (Lipinski definition) is 2. The molecule has 128 valence electrons. The number of amides is 2. The van der Waals surface area contributed by atoms with Gasteiger partial charge >= 0.3 is 0 Å². The van der Waals surface area contributed by atoms with Gasteiger partial charge in [-0.25, -0.2) is 0 Å². The second-order valence-electron chi connectivity index (χ2n) is 5.92. The number of benzene rings is 1. The third-order valence-electron chi connectivity index (χ3n) is 3.32. The minimum absolute atomic E-state index is 0.00731. The summed E-state index contributed by atoms with van der Waals surface area (Å²) >= 11 is 11.9. The number of hydrogen-bond donors (Lipinski definition) is 1. The van der Waals surface area contributed by atoms with Crippen LogP contribution >= 0.6 is 23.2 Å². The average Bonchev–Trinajstić information content (AvgIpc) is 2.48. The maximum absolute atomic E-state index is 12.2. The highest BCUT2D eigenvalue weighted by atomic mass is 35.5. The van der Waals surface area contributed by atoms with Crippen molar-refractivity contribution < 1.29 is 9.59 Å². The molecule has 23 heavy (non-hydrogen) atoms. The van der Waals surface area contributed by atoms with Gasteiger partial charge in [0, 0.05) is 18.0 Å². The molecule has 0 atom stereocenters. The van der Waals surface area contributed by atoms with E-state index in [0.717, 1.165) is 12.8 Å². The lowest BCUT2D eigenvalue weighted by atomic mass is 10.1. The lowest BCUT2D eigenvalue weighted by Gasteiger charge is -2.22. The standard InChI is InChI=1S/C17H24Cl2N2O2/c1-4-9-21(17(23)8-5-12(2)3)11-16(22)20-15-10-13(18)6-7-14(15)19/h6-7,10,12H,4-5,8-9,11H2,1-3H3,(H,20,22). The molecule has 2 amide bonds. The summed E-state index contributed by atoms with van der Waals surface area (Å²) in [4.78, 5) is 26.0. The molecular formula is C17H24Cl2N2O2. The van der Waals surface area contributed by atoms with Gasteiger partial charge in [-0.15, -0.1) is 0 Å². The van der Waals surface area contributed by atoms with Gasteiger partial charge in [0.05, 0.1) is 17.3 Å². The molecule has 0 saturated heterocycles. The molecule has 0 unspecified atom stereocenters. The Kier molecular flexibility index (Phi) is 8.42. The summed E-state index contributed by atoms with van der Waals surface area (Å²) < 4.78 is 0. The molecule has 0 aliphatic heterocycles. The Morgan fingerprint density at radius 2 is 1.96 bits per heavy atom. The highest BCUT2D eigenvalue weighted by Gasteiger charge is 2.17. The molecule has 4 nitrogen and oxygen atoms in total. The van der Waals surface area contributed by atoms with Gasteiger partial charge in [0.15, 0.2) is 0 Å². The molecular weight excluding hydrogens is 335 g/mol. The van der Waals surface area contributed by atoms with E-state index in [0.29, 0.717) is 34.6 Å². The summed E-state index contributed by atoms with van der Waals surface area (Å²) in [6.07, 6.45) is 2.09. The van der Waals surface area contributed by atoms with Gasteiger partial charge in [-0.1, -0.05) is 44.0 Å². The van der Waals surface area contributed by atoms with E-state index in [1.807, 2.05) is 6.92 Å². The Hall–Kier alpha value is -1.26. The molecule has 0 radical (unpaired) electrons.